The highest BCUT2D eigenvalue weighted by molar-refractivity contribution is 7.80. The molecule has 2 N–H and O–H groups in total. The maximum absolute atomic E-state index is 12.1. The quantitative estimate of drug-likeness (QED) is 0.209. The molecule has 0 radical (unpaired) electrons. The summed E-state index contributed by atoms with van der Waals surface area (Å²) in [6, 6.07) is 10.6. The van der Waals surface area contributed by atoms with E-state index < -0.39 is 16.7 Å². The van der Waals surface area contributed by atoms with Gasteiger partial charge in [0.15, 0.2) is 16.6 Å². The topological polar surface area (TPSA) is 126 Å². The van der Waals surface area contributed by atoms with Gasteiger partial charge in [-0.3, -0.25) is 35.2 Å². The lowest BCUT2D eigenvalue weighted by Crippen LogP contribution is -2.51. The van der Waals surface area contributed by atoms with Gasteiger partial charge in [0.05, 0.1) is 4.92 Å². The number of fused-ring (bicyclic) bond motifs is 1. The van der Waals surface area contributed by atoms with Crippen molar-refractivity contribution < 1.29 is 24.0 Å². The number of nitro groups is 1. The number of nitrogens with zero attached hydrogens (tertiary/aromatic N) is 3. The summed E-state index contributed by atoms with van der Waals surface area (Å²) in [4.78, 5) is 39.8. The lowest BCUT2D eigenvalue weighted by atomic mass is 10.1. The number of hydrogen-bond acceptors (Lipinski definition) is 9. The van der Waals surface area contributed by atoms with Gasteiger partial charge in [-0.15, -0.1) is 0 Å². The van der Waals surface area contributed by atoms with Crippen molar-refractivity contribution in [1.29, 1.82) is 0 Å². The van der Waals surface area contributed by atoms with E-state index in [9.17, 15) is 19.7 Å². The van der Waals surface area contributed by atoms with Crippen LogP contribution >= 0.6 is 12.2 Å². The maximum atomic E-state index is 12.1. The fourth-order valence-corrected chi connectivity index (χ4v) is 4.45. The number of nitrogens with one attached hydrogen (secondary N) is 2. The molecule has 180 valence electrons. The number of carbonyl (C=O) groups is 2. The molecule has 0 saturated carbocycles. The largest absolute Gasteiger partial charge is 0.454 e. The zero-order chi connectivity index (χ0) is 24.5. The Morgan fingerprint density at radius 2 is 1.71 bits per heavy atom. The van der Waals surface area contributed by atoms with Crippen LogP contribution in [0, 0.1) is 10.1 Å². The number of rotatable bonds is 5. The molecule has 0 aliphatic carbocycles. The highest BCUT2D eigenvalue weighted by Crippen LogP contribution is 2.34. The molecule has 12 heteroatoms. The molecule has 3 heterocycles. The predicted molar refractivity (Wildman–Crippen MR) is 130 cm³/mol. The number of ether oxygens (including phenoxy) is 2. The Morgan fingerprint density at radius 1 is 1.00 bits per heavy atom. The second-order valence-corrected chi connectivity index (χ2v) is 8.66. The Morgan fingerprint density at radius 3 is 2.43 bits per heavy atom. The third-order valence-corrected chi connectivity index (χ3v) is 6.21. The Labute approximate surface area is 205 Å². The summed E-state index contributed by atoms with van der Waals surface area (Å²) in [7, 11) is 0. The molecular weight excluding hydrogens is 474 g/mol. The van der Waals surface area contributed by atoms with Gasteiger partial charge in [-0.05, 0) is 47.6 Å². The molecule has 2 aromatic rings. The monoisotopic (exact) mass is 495 g/mol. The third-order valence-electron chi connectivity index (χ3n) is 6.01. The van der Waals surface area contributed by atoms with Crippen LogP contribution in [0.25, 0.3) is 6.08 Å². The van der Waals surface area contributed by atoms with Gasteiger partial charge in [0.2, 0.25) is 6.79 Å². The van der Waals surface area contributed by atoms with Crippen molar-refractivity contribution in [2.24, 2.45) is 0 Å². The molecule has 0 atom stereocenters. The first-order valence-electron chi connectivity index (χ1n) is 10.9. The number of nitro benzene ring substituents is 1. The number of hydrogen-bond donors (Lipinski definition) is 2. The average molecular weight is 496 g/mol. The summed E-state index contributed by atoms with van der Waals surface area (Å²) in [5.41, 5.74) is 1.73. The molecule has 3 aliphatic heterocycles. The molecule has 11 nitrogen and oxygen atoms in total. The molecular formula is C23H21N5O6S. The lowest BCUT2D eigenvalue weighted by molar-refractivity contribution is -0.384. The number of anilines is 1. The van der Waals surface area contributed by atoms with E-state index >= 15 is 0 Å². The predicted octanol–water partition coefficient (Wildman–Crippen LogP) is 1.56. The average Bonchev–Trinajstić information content (AvgIpc) is 3.30. The van der Waals surface area contributed by atoms with Gasteiger partial charge >= 0.3 is 0 Å². The molecule has 2 amide bonds. The zero-order valence-corrected chi connectivity index (χ0v) is 19.3. The summed E-state index contributed by atoms with van der Waals surface area (Å²) in [6.07, 6.45) is 1.31. The van der Waals surface area contributed by atoms with Gasteiger partial charge < -0.3 is 14.4 Å². The molecule has 5 rings (SSSR count). The van der Waals surface area contributed by atoms with Crippen molar-refractivity contribution in [3.63, 3.8) is 0 Å². The Bertz CT molecular complexity index is 1250. The molecule has 0 bridgehead atoms. The minimum absolute atomic E-state index is 0.0730. The minimum Gasteiger partial charge on any atom is -0.454 e. The van der Waals surface area contributed by atoms with Crippen molar-refractivity contribution in [2.45, 2.75) is 6.54 Å². The van der Waals surface area contributed by atoms with Crippen LogP contribution in [-0.2, 0) is 16.1 Å². The van der Waals surface area contributed by atoms with Crippen LogP contribution in [0.15, 0.2) is 42.0 Å². The van der Waals surface area contributed by atoms with Gasteiger partial charge in [-0.2, -0.15) is 0 Å². The smallest absolute Gasteiger partial charge is 0.293 e. The van der Waals surface area contributed by atoms with Crippen molar-refractivity contribution in [2.75, 3.05) is 37.9 Å². The van der Waals surface area contributed by atoms with Gasteiger partial charge in [0.25, 0.3) is 17.5 Å². The first-order valence-corrected chi connectivity index (χ1v) is 11.3. The van der Waals surface area contributed by atoms with E-state index in [0.717, 1.165) is 36.7 Å². The number of piperazine rings is 1. The first-order chi connectivity index (χ1) is 16.9. The Hall–Kier alpha value is -4.03. The molecule has 0 aromatic heterocycles. The van der Waals surface area contributed by atoms with Gasteiger partial charge in [0, 0.05) is 38.8 Å². The van der Waals surface area contributed by atoms with Crippen LogP contribution in [0.4, 0.5) is 11.4 Å². The molecule has 0 spiro atoms. The number of carbonyl (C=O) groups excluding carboxylic acids is 2. The zero-order valence-electron chi connectivity index (χ0n) is 18.5. The SMILES string of the molecule is O=C1NC(=S)NC(=O)C1=Cc1ccc(N2CCN(Cc3ccc4c(c3)OCO4)CC2)c([N+](=O)[O-])c1. The van der Waals surface area contributed by atoms with Gasteiger partial charge in [-0.25, -0.2) is 0 Å². The fourth-order valence-electron chi connectivity index (χ4n) is 4.26. The summed E-state index contributed by atoms with van der Waals surface area (Å²) in [5.74, 6) is 0.198. The summed E-state index contributed by atoms with van der Waals surface area (Å²) in [5, 5.41) is 16.4. The van der Waals surface area contributed by atoms with E-state index in [-0.39, 0.29) is 23.2 Å². The lowest BCUT2D eigenvalue weighted by Gasteiger charge is -2.35. The Kier molecular flexibility index (Phi) is 6.05. The molecule has 2 saturated heterocycles. The van der Waals surface area contributed by atoms with Crippen molar-refractivity contribution in [1.82, 2.24) is 15.5 Å². The standard InChI is InChI=1S/C23H21N5O6S/c29-21-16(22(30)25-23(35)24-21)9-14-1-3-17(18(10-14)28(31)32)27-7-5-26(6-8-27)12-15-2-4-19-20(11-15)34-13-33-19/h1-4,9-11H,5-8,12-13H2,(H2,24,25,29,30,35). The second kappa shape index (κ2) is 9.31. The fraction of sp³-hybridized carbons (Fsp3) is 0.261. The molecule has 2 fully saturated rings. The van der Waals surface area contributed by atoms with Crippen LogP contribution in [-0.4, -0.2) is 59.7 Å². The highest BCUT2D eigenvalue weighted by atomic mass is 32.1. The van der Waals surface area contributed by atoms with E-state index in [1.807, 2.05) is 23.1 Å². The highest BCUT2D eigenvalue weighted by Gasteiger charge is 2.27. The summed E-state index contributed by atoms with van der Waals surface area (Å²) < 4.78 is 10.8. The molecule has 2 aromatic carbocycles. The number of thiocarbonyl (C=S) groups is 1. The summed E-state index contributed by atoms with van der Waals surface area (Å²) >= 11 is 4.79. The Balaban J connectivity index is 1.28. The second-order valence-electron chi connectivity index (χ2n) is 8.25. The van der Waals surface area contributed by atoms with Gasteiger partial charge in [-0.1, -0.05) is 12.1 Å². The van der Waals surface area contributed by atoms with Crippen molar-refractivity contribution in [3.8, 4) is 11.5 Å². The van der Waals surface area contributed by atoms with Crippen LogP contribution < -0.4 is 25.0 Å². The number of benzene rings is 2. The number of amides is 2. The van der Waals surface area contributed by atoms with Crippen LogP contribution in [0.2, 0.25) is 0 Å². The molecule has 0 unspecified atom stereocenters. The molecule has 3 aliphatic rings. The van der Waals surface area contributed by atoms with Crippen LogP contribution in [0.1, 0.15) is 11.1 Å². The third kappa shape index (κ3) is 4.79. The maximum Gasteiger partial charge on any atom is 0.293 e. The summed E-state index contributed by atoms with van der Waals surface area (Å²) in [6.45, 7) is 3.69. The van der Waals surface area contributed by atoms with Crippen molar-refractivity contribution >= 4 is 46.6 Å². The van der Waals surface area contributed by atoms with E-state index in [4.69, 9.17) is 21.7 Å². The van der Waals surface area contributed by atoms with Gasteiger partial charge in [0.1, 0.15) is 11.3 Å². The van der Waals surface area contributed by atoms with Crippen LogP contribution in [0.5, 0.6) is 11.5 Å². The van der Waals surface area contributed by atoms with E-state index in [1.54, 1.807) is 12.1 Å². The van der Waals surface area contributed by atoms with E-state index in [0.29, 0.717) is 24.3 Å². The normalized spacial score (nSPS) is 17.8. The first kappa shape index (κ1) is 22.7. The van der Waals surface area contributed by atoms with Crippen molar-refractivity contribution in [3.05, 3.63) is 63.2 Å². The van der Waals surface area contributed by atoms with E-state index in [2.05, 4.69) is 15.5 Å². The molecule has 35 heavy (non-hydrogen) atoms. The van der Waals surface area contributed by atoms with Crippen LogP contribution in [0.3, 0.4) is 0 Å². The van der Waals surface area contributed by atoms with E-state index in [1.165, 1.54) is 12.1 Å². The minimum atomic E-state index is -0.649.